The molecule has 2 spiro atoms. The van der Waals surface area contributed by atoms with Gasteiger partial charge >= 0.3 is 0 Å². The van der Waals surface area contributed by atoms with E-state index in [1.54, 1.807) is 0 Å². The Morgan fingerprint density at radius 3 is 1.04 bits per heavy atom. The van der Waals surface area contributed by atoms with E-state index in [1.165, 1.54) is 82.6 Å². The van der Waals surface area contributed by atoms with Crippen molar-refractivity contribution in [3.8, 4) is 114 Å². The van der Waals surface area contributed by atoms with E-state index >= 15 is 0 Å². The number of benzene rings is 18. The Morgan fingerprint density at radius 2 is 0.539 bits per heavy atom. The Kier molecular flexibility index (Phi) is 15.5. The number of para-hydroxylation sites is 10. The van der Waals surface area contributed by atoms with Crippen LogP contribution >= 0.6 is 0 Å². The highest BCUT2D eigenvalue weighted by atomic mass is 16.5. The van der Waals surface area contributed by atoms with Crippen molar-refractivity contribution in [2.75, 3.05) is 0 Å². The molecule has 24 aromatic rings. The highest BCUT2D eigenvalue weighted by Crippen LogP contribution is 2.64. The predicted octanol–water partition coefficient (Wildman–Crippen LogP) is 28.9. The molecule has 4 aliphatic rings. The maximum atomic E-state index is 7.36. The number of hydrogen-bond donors (Lipinski definition) is 0. The van der Waals surface area contributed by atoms with Crippen LogP contribution in [0.4, 0.5) is 0 Å². The highest BCUT2D eigenvalue weighted by Gasteiger charge is 2.53. The van der Waals surface area contributed by atoms with Crippen LogP contribution in [0.1, 0.15) is 44.5 Å². The van der Waals surface area contributed by atoms with Crippen LogP contribution < -0.4 is 9.47 Å². The van der Waals surface area contributed by atoms with Crippen molar-refractivity contribution in [3.63, 3.8) is 0 Å². The zero-order valence-corrected chi connectivity index (χ0v) is 69.0. The summed E-state index contributed by atoms with van der Waals surface area (Å²) >= 11 is 0. The first-order chi connectivity index (χ1) is 63.5. The van der Waals surface area contributed by atoms with Gasteiger partial charge in [0.15, 0.2) is 17.4 Å². The normalized spacial score (nSPS) is 14.8. The van der Waals surface area contributed by atoms with Crippen LogP contribution in [0.3, 0.4) is 0 Å². The molecule has 28 rings (SSSR count). The van der Waals surface area contributed by atoms with Gasteiger partial charge < -0.3 is 27.7 Å². The summed E-state index contributed by atoms with van der Waals surface area (Å²) in [6, 6.07) is 156. The van der Waals surface area contributed by atoms with Crippen LogP contribution in [0.2, 0.25) is 0 Å². The SMILES string of the molecule is c1ccc(-c2cc(-c3cccc(-n4c5ccccc5c5cc6c(cc54)Oc4ccccc4C64c5ccccc5-n5c6ccccc6c6cccc4c65)c3)nc(-c3ccccc3)n2)cc1.c1ccc(-c2cc(-c3cccc(-n4c5ccccc5c5ccc6c(c54)Oc4ccccc4C64c5ccccc5-n5c6ccccc6c6cccc4c65)c3)nc(-c3ccccc3)n2)cc1. The summed E-state index contributed by atoms with van der Waals surface area (Å²) in [7, 11) is 0. The Labute approximate surface area is 735 Å². The molecule has 10 heteroatoms. The highest BCUT2D eigenvalue weighted by molar-refractivity contribution is 6.17. The molecule has 10 nitrogen and oxygen atoms in total. The fourth-order valence-electron chi connectivity index (χ4n) is 21.9. The zero-order valence-electron chi connectivity index (χ0n) is 69.0. The van der Waals surface area contributed by atoms with Crippen LogP contribution in [-0.4, -0.2) is 38.2 Å². The third-order valence-corrected chi connectivity index (χ3v) is 27.1. The monoisotopic (exact) mass is 1630 g/mol. The summed E-state index contributed by atoms with van der Waals surface area (Å²) in [4.78, 5) is 20.6. The third-order valence-electron chi connectivity index (χ3n) is 27.1. The second-order valence-corrected chi connectivity index (χ2v) is 33.7. The van der Waals surface area contributed by atoms with Crippen molar-refractivity contribution < 1.29 is 9.47 Å². The second-order valence-electron chi connectivity index (χ2n) is 33.7. The molecule has 0 fully saturated rings. The van der Waals surface area contributed by atoms with E-state index < -0.39 is 10.8 Å². The molecule has 2 unspecified atom stereocenters. The fourth-order valence-corrected chi connectivity index (χ4v) is 21.9. The lowest BCUT2D eigenvalue weighted by atomic mass is 9.61. The van der Waals surface area contributed by atoms with E-state index in [0.29, 0.717) is 11.6 Å². The van der Waals surface area contributed by atoms with Crippen molar-refractivity contribution in [3.05, 3.63) is 481 Å². The van der Waals surface area contributed by atoms with Crippen LogP contribution in [0, 0.1) is 0 Å². The molecule has 0 saturated heterocycles. The molecular weight excluding hydrogens is 1560 g/mol. The number of nitrogens with zero attached hydrogens (tertiary/aromatic N) is 8. The van der Waals surface area contributed by atoms with E-state index in [-0.39, 0.29) is 0 Å². The molecule has 10 heterocycles. The zero-order chi connectivity index (χ0) is 83.9. The van der Waals surface area contributed by atoms with Gasteiger partial charge in [-0.05, 0) is 113 Å². The number of fused-ring (bicyclic) bond motifs is 29. The van der Waals surface area contributed by atoms with E-state index in [0.717, 1.165) is 151 Å². The number of ether oxygens (including phenoxy) is 2. The van der Waals surface area contributed by atoms with Crippen LogP contribution in [0.25, 0.3) is 178 Å². The molecule has 0 amide bonds. The summed E-state index contributed by atoms with van der Waals surface area (Å²) in [6.07, 6.45) is 0. The Balaban J connectivity index is 0.000000132. The summed E-state index contributed by atoms with van der Waals surface area (Å²) in [5, 5.41) is 9.63. The molecule has 6 aromatic heterocycles. The first-order valence-corrected chi connectivity index (χ1v) is 43.7. The first kappa shape index (κ1) is 71.5. The van der Waals surface area contributed by atoms with Gasteiger partial charge in [-0.25, -0.2) is 19.9 Å². The van der Waals surface area contributed by atoms with Gasteiger partial charge in [0.05, 0.1) is 89.1 Å². The van der Waals surface area contributed by atoms with E-state index in [2.05, 4.69) is 407 Å². The lowest BCUT2D eigenvalue weighted by molar-refractivity contribution is 0.434. The second kappa shape index (κ2) is 27.7. The summed E-state index contributed by atoms with van der Waals surface area (Å²) in [5.41, 5.74) is 31.2. The van der Waals surface area contributed by atoms with Gasteiger partial charge in [0.1, 0.15) is 17.2 Å². The molecule has 0 aliphatic carbocycles. The molecular formula is C118H72N8O2. The minimum atomic E-state index is -0.690. The lowest BCUT2D eigenvalue weighted by Gasteiger charge is -2.45. The van der Waals surface area contributed by atoms with E-state index in [9.17, 15) is 0 Å². The molecule has 128 heavy (non-hydrogen) atoms. The smallest absolute Gasteiger partial charge is 0.160 e. The molecule has 0 radical (unpaired) electrons. The molecule has 0 N–H and O–H groups in total. The molecule has 596 valence electrons. The minimum absolute atomic E-state index is 0.665. The first-order valence-electron chi connectivity index (χ1n) is 43.7. The van der Waals surface area contributed by atoms with Crippen LogP contribution in [0.15, 0.2) is 437 Å². The van der Waals surface area contributed by atoms with Gasteiger partial charge in [0.2, 0.25) is 0 Å². The summed E-state index contributed by atoms with van der Waals surface area (Å²) < 4.78 is 24.2. The maximum absolute atomic E-state index is 7.36. The standard InChI is InChI=1S/2C59H36N4O/c1-3-17-37(18-4-1)49-35-50(61-58(60-49)38-19-5-2-6-20-38)39-21-15-22-40(33-39)62-51-29-11-8-24-42(51)44-34-48-56(36-54(44)62)64-55-32-14-10-27-46(55)59(48)45-26-9-13-31-53(45)63-52-30-12-7-23-41(52)43-25-16-28-47(59)57(43)63;1-3-17-37(18-4-1)49-36-50(61-58(60-49)38-19-5-2-6-20-38)39-21-15-22-40(35-39)62-51-29-11-7-24-42(51)44-33-34-48-57(56(44)62)64-54-32-14-10-27-46(54)59(48)45-26-9-13-31-53(45)63-52-30-12-8-23-41(52)43-25-16-28-47(59)55(43)63/h2*1-36H. The quantitative estimate of drug-likeness (QED) is 0.151. The van der Waals surface area contributed by atoms with Crippen molar-refractivity contribution in [1.82, 2.24) is 38.2 Å². The van der Waals surface area contributed by atoms with Gasteiger partial charge in [-0.2, -0.15) is 0 Å². The van der Waals surface area contributed by atoms with E-state index in [1.807, 2.05) is 48.5 Å². The van der Waals surface area contributed by atoms with Gasteiger partial charge in [-0.1, -0.05) is 340 Å². The average Bonchev–Trinajstić information content (AvgIpc) is 1.39. The Hall–Kier alpha value is -17.1. The summed E-state index contributed by atoms with van der Waals surface area (Å²) in [6.45, 7) is 0. The largest absolute Gasteiger partial charge is 0.457 e. The van der Waals surface area contributed by atoms with Crippen molar-refractivity contribution in [2.24, 2.45) is 0 Å². The molecule has 4 aliphatic heterocycles. The Morgan fingerprint density at radius 1 is 0.188 bits per heavy atom. The molecule has 0 saturated carbocycles. The van der Waals surface area contributed by atoms with E-state index in [4.69, 9.17) is 29.4 Å². The van der Waals surface area contributed by atoms with Gasteiger partial charge in [0, 0.05) is 116 Å². The van der Waals surface area contributed by atoms with Gasteiger partial charge in [-0.3, -0.25) is 0 Å². The van der Waals surface area contributed by atoms with Crippen molar-refractivity contribution in [2.45, 2.75) is 10.8 Å². The van der Waals surface area contributed by atoms with Crippen LogP contribution in [-0.2, 0) is 10.8 Å². The molecule has 2 atom stereocenters. The van der Waals surface area contributed by atoms with Crippen LogP contribution in [0.5, 0.6) is 23.0 Å². The number of aromatic nitrogens is 8. The van der Waals surface area contributed by atoms with Gasteiger partial charge in [0.25, 0.3) is 0 Å². The fraction of sp³-hybridized carbons (Fsp3) is 0.0169. The molecule has 18 aromatic carbocycles. The number of rotatable bonds is 8. The van der Waals surface area contributed by atoms with Gasteiger partial charge in [-0.15, -0.1) is 0 Å². The van der Waals surface area contributed by atoms with Crippen molar-refractivity contribution in [1.29, 1.82) is 0 Å². The number of hydrogen-bond acceptors (Lipinski definition) is 6. The summed E-state index contributed by atoms with van der Waals surface area (Å²) in [5.74, 6) is 4.80. The lowest BCUT2D eigenvalue weighted by Crippen LogP contribution is -2.37. The third kappa shape index (κ3) is 10.2. The van der Waals surface area contributed by atoms with Crippen molar-refractivity contribution >= 4 is 87.2 Å². The Bertz CT molecular complexity index is 8670. The minimum Gasteiger partial charge on any atom is -0.457 e. The predicted molar refractivity (Wildman–Crippen MR) is 518 cm³/mol. The topological polar surface area (TPSA) is 89.7 Å². The average molecular weight is 1630 g/mol. The molecule has 0 bridgehead atoms. The maximum Gasteiger partial charge on any atom is 0.160 e.